The molecule has 1 atom stereocenters. The van der Waals surface area contributed by atoms with Crippen molar-refractivity contribution in [3.8, 4) is 0 Å². The maximum absolute atomic E-state index is 12.9. The molecule has 3 N–H and O–H groups in total. The highest BCUT2D eigenvalue weighted by molar-refractivity contribution is 5.94. The fourth-order valence-electron chi connectivity index (χ4n) is 2.95. The number of halogens is 1. The monoisotopic (exact) mass is 386 g/mol. The van der Waals surface area contributed by atoms with Crippen molar-refractivity contribution in [2.45, 2.75) is 19.9 Å². The average Bonchev–Trinajstić information content (AvgIpc) is 2.72. The molecule has 0 radical (unpaired) electrons. The van der Waals surface area contributed by atoms with E-state index >= 15 is 0 Å². The van der Waals surface area contributed by atoms with E-state index in [0.29, 0.717) is 12.2 Å². The summed E-state index contributed by atoms with van der Waals surface area (Å²) >= 11 is 0. The summed E-state index contributed by atoms with van der Waals surface area (Å²) in [4.78, 5) is 26.3. The van der Waals surface area contributed by atoms with E-state index in [0.717, 1.165) is 18.7 Å². The Bertz CT molecular complexity index is 749. The molecule has 7 heteroatoms. The van der Waals surface area contributed by atoms with Gasteiger partial charge in [0.15, 0.2) is 0 Å². The van der Waals surface area contributed by atoms with Crippen LogP contribution in [0.4, 0.5) is 14.9 Å². The van der Waals surface area contributed by atoms with Crippen molar-refractivity contribution in [1.82, 2.24) is 15.5 Å². The molecule has 3 amide bonds. The van der Waals surface area contributed by atoms with Crippen LogP contribution in [0.25, 0.3) is 0 Å². The zero-order valence-corrected chi connectivity index (χ0v) is 16.2. The topological polar surface area (TPSA) is 73.5 Å². The summed E-state index contributed by atoms with van der Waals surface area (Å²) in [7, 11) is 0. The number of amides is 3. The molecule has 0 saturated carbocycles. The zero-order valence-electron chi connectivity index (χ0n) is 16.2. The van der Waals surface area contributed by atoms with Gasteiger partial charge in [0.05, 0.1) is 12.6 Å². The van der Waals surface area contributed by atoms with Gasteiger partial charge in [-0.3, -0.25) is 9.69 Å². The van der Waals surface area contributed by atoms with E-state index in [1.54, 1.807) is 0 Å². The number of urea groups is 1. The summed E-state index contributed by atoms with van der Waals surface area (Å²) in [6.45, 7) is 6.14. The Morgan fingerprint density at radius 1 is 0.964 bits per heavy atom. The third kappa shape index (κ3) is 6.66. The largest absolute Gasteiger partial charge is 0.336 e. The second-order valence-electron chi connectivity index (χ2n) is 6.27. The van der Waals surface area contributed by atoms with E-state index in [9.17, 15) is 14.0 Å². The second-order valence-corrected chi connectivity index (χ2v) is 6.27. The van der Waals surface area contributed by atoms with Crippen LogP contribution in [-0.2, 0) is 4.79 Å². The highest BCUT2D eigenvalue weighted by atomic mass is 19.1. The number of hydrogen-bond acceptors (Lipinski definition) is 3. The Morgan fingerprint density at radius 3 is 2.21 bits per heavy atom. The fraction of sp³-hybridized carbons (Fsp3) is 0.333. The van der Waals surface area contributed by atoms with E-state index in [1.807, 2.05) is 30.3 Å². The van der Waals surface area contributed by atoms with Crippen molar-refractivity contribution in [3.63, 3.8) is 0 Å². The normalized spacial score (nSPS) is 11.7. The lowest BCUT2D eigenvalue weighted by Crippen LogP contribution is -2.44. The number of anilines is 1. The molecule has 0 heterocycles. The lowest BCUT2D eigenvalue weighted by Gasteiger charge is -2.30. The fourth-order valence-corrected chi connectivity index (χ4v) is 2.95. The number of nitrogens with zero attached hydrogens (tertiary/aromatic N) is 1. The lowest BCUT2D eigenvalue weighted by molar-refractivity contribution is -0.115. The van der Waals surface area contributed by atoms with Crippen molar-refractivity contribution in [1.29, 1.82) is 0 Å². The van der Waals surface area contributed by atoms with Gasteiger partial charge in [-0.05, 0) is 42.9 Å². The van der Waals surface area contributed by atoms with Crippen molar-refractivity contribution < 1.29 is 14.0 Å². The van der Waals surface area contributed by atoms with Crippen LogP contribution in [0, 0.1) is 5.82 Å². The quantitative estimate of drug-likeness (QED) is 0.620. The SMILES string of the molecule is CCN(CC)C(CNC(=O)NCC(=O)Nc1ccc(F)cc1)c1ccccc1. The van der Waals surface area contributed by atoms with Crippen molar-refractivity contribution in [2.24, 2.45) is 0 Å². The van der Waals surface area contributed by atoms with Crippen LogP contribution in [0.3, 0.4) is 0 Å². The van der Waals surface area contributed by atoms with Crippen molar-refractivity contribution in [3.05, 3.63) is 66.0 Å². The molecular weight excluding hydrogens is 359 g/mol. The molecule has 6 nitrogen and oxygen atoms in total. The number of rotatable bonds is 9. The van der Waals surface area contributed by atoms with Gasteiger partial charge in [0.25, 0.3) is 0 Å². The van der Waals surface area contributed by atoms with E-state index in [2.05, 4.69) is 34.7 Å². The number of likely N-dealkylation sites (N-methyl/N-ethyl adjacent to an activating group) is 1. The van der Waals surface area contributed by atoms with Crippen LogP contribution in [0.5, 0.6) is 0 Å². The van der Waals surface area contributed by atoms with Crippen LogP contribution < -0.4 is 16.0 Å². The predicted octanol–water partition coefficient (Wildman–Crippen LogP) is 3.15. The molecule has 2 aromatic rings. The molecule has 0 fully saturated rings. The standard InChI is InChI=1S/C21H27FN4O2/c1-3-26(4-2)19(16-8-6-5-7-9-16)14-23-21(28)24-15-20(27)25-18-12-10-17(22)11-13-18/h5-13,19H,3-4,14-15H2,1-2H3,(H,25,27)(H2,23,24,28). The molecule has 0 aromatic heterocycles. The van der Waals surface area contributed by atoms with Gasteiger partial charge < -0.3 is 16.0 Å². The Kier molecular flexibility index (Phi) is 8.42. The molecule has 0 aliphatic rings. The summed E-state index contributed by atoms with van der Waals surface area (Å²) < 4.78 is 12.9. The zero-order chi connectivity index (χ0) is 20.4. The van der Waals surface area contributed by atoms with Gasteiger partial charge in [-0.1, -0.05) is 44.2 Å². The number of nitrogens with one attached hydrogen (secondary N) is 3. The third-order valence-corrected chi connectivity index (χ3v) is 4.43. The predicted molar refractivity (Wildman–Crippen MR) is 109 cm³/mol. The average molecular weight is 386 g/mol. The second kappa shape index (κ2) is 11.0. The van der Waals surface area contributed by atoms with Crippen LogP contribution in [-0.4, -0.2) is 43.0 Å². The Balaban J connectivity index is 1.83. The summed E-state index contributed by atoms with van der Waals surface area (Å²) in [6, 6.07) is 15.1. The van der Waals surface area contributed by atoms with E-state index in [-0.39, 0.29) is 24.3 Å². The minimum atomic E-state index is -0.414. The number of hydrogen-bond donors (Lipinski definition) is 3. The summed E-state index contributed by atoms with van der Waals surface area (Å²) in [5.41, 5.74) is 1.60. The van der Waals surface area contributed by atoms with Crippen molar-refractivity contribution >= 4 is 17.6 Å². The van der Waals surface area contributed by atoms with Gasteiger partial charge >= 0.3 is 6.03 Å². The summed E-state index contributed by atoms with van der Waals surface area (Å²) in [5.74, 6) is -0.762. The molecule has 0 spiro atoms. The number of carbonyl (C=O) groups is 2. The van der Waals surface area contributed by atoms with Gasteiger partial charge in [0, 0.05) is 12.2 Å². The molecule has 0 aliphatic carbocycles. The van der Waals surface area contributed by atoms with Crippen LogP contribution in [0.2, 0.25) is 0 Å². The van der Waals surface area contributed by atoms with Gasteiger partial charge in [0.1, 0.15) is 5.82 Å². The first-order valence-corrected chi connectivity index (χ1v) is 9.39. The van der Waals surface area contributed by atoms with Gasteiger partial charge in [0.2, 0.25) is 5.91 Å². The van der Waals surface area contributed by atoms with Gasteiger partial charge in [-0.15, -0.1) is 0 Å². The van der Waals surface area contributed by atoms with Gasteiger partial charge in [-0.25, -0.2) is 9.18 Å². The Labute approximate surface area is 165 Å². The summed E-state index contributed by atoms with van der Waals surface area (Å²) in [6.07, 6.45) is 0. The molecule has 150 valence electrons. The molecule has 1 unspecified atom stereocenters. The van der Waals surface area contributed by atoms with Gasteiger partial charge in [-0.2, -0.15) is 0 Å². The van der Waals surface area contributed by atoms with Crippen LogP contribution in [0.1, 0.15) is 25.5 Å². The highest BCUT2D eigenvalue weighted by Crippen LogP contribution is 2.19. The smallest absolute Gasteiger partial charge is 0.315 e. The Morgan fingerprint density at radius 2 is 1.61 bits per heavy atom. The minimum absolute atomic E-state index is 0.0509. The van der Waals surface area contributed by atoms with E-state index < -0.39 is 6.03 Å². The lowest BCUT2D eigenvalue weighted by atomic mass is 10.1. The molecule has 0 bridgehead atoms. The minimum Gasteiger partial charge on any atom is -0.336 e. The summed E-state index contributed by atoms with van der Waals surface area (Å²) in [5, 5.41) is 7.97. The first-order valence-electron chi connectivity index (χ1n) is 9.39. The molecule has 2 rings (SSSR count). The molecule has 2 aromatic carbocycles. The molecule has 0 saturated heterocycles. The number of carbonyl (C=O) groups excluding carboxylic acids is 2. The highest BCUT2D eigenvalue weighted by Gasteiger charge is 2.18. The van der Waals surface area contributed by atoms with Crippen LogP contribution >= 0.6 is 0 Å². The van der Waals surface area contributed by atoms with Crippen LogP contribution in [0.15, 0.2) is 54.6 Å². The third-order valence-electron chi connectivity index (χ3n) is 4.43. The Hall–Kier alpha value is -2.93. The first-order chi connectivity index (χ1) is 13.5. The van der Waals surface area contributed by atoms with E-state index in [1.165, 1.54) is 24.3 Å². The molecule has 0 aliphatic heterocycles. The number of benzene rings is 2. The maximum atomic E-state index is 12.9. The van der Waals surface area contributed by atoms with E-state index in [4.69, 9.17) is 0 Å². The molecule has 28 heavy (non-hydrogen) atoms. The maximum Gasteiger partial charge on any atom is 0.315 e. The molecular formula is C21H27FN4O2. The first kappa shape index (κ1) is 21.4. The van der Waals surface area contributed by atoms with Crippen molar-refractivity contribution in [2.75, 3.05) is 31.5 Å².